The molecule has 0 aliphatic heterocycles. The fraction of sp³-hybridized carbons (Fsp3) is 0.562. The number of anilines is 1. The van der Waals surface area contributed by atoms with Gasteiger partial charge in [-0.15, -0.1) is 0 Å². The molecule has 0 bridgehead atoms. The molecule has 0 unspecified atom stereocenters. The van der Waals surface area contributed by atoms with Gasteiger partial charge in [0.05, 0.1) is 5.56 Å². The number of amides is 2. The first kappa shape index (κ1) is 16.6. The lowest BCUT2D eigenvalue weighted by Crippen LogP contribution is -2.45. The average molecular weight is 314 g/mol. The predicted octanol–water partition coefficient (Wildman–Crippen LogP) is 4.65. The Morgan fingerprint density at radius 1 is 1.23 bits per heavy atom. The fourth-order valence-electron chi connectivity index (χ4n) is 2.89. The standard InChI is InChI=1S/C16H21F3N2O/c1-10-5-3-8-14(11(10)2)21-15(22)20-13-7-4-6-12(9-13)16(17,18)19/h4,6-7,9-11,14H,3,5,8H2,1-2H3,(H2,20,21,22)/t10-,11-,14-/m1/s1. The highest BCUT2D eigenvalue weighted by Gasteiger charge is 2.31. The van der Waals surface area contributed by atoms with Gasteiger partial charge in [-0.1, -0.05) is 32.8 Å². The molecule has 1 aliphatic rings. The Labute approximate surface area is 128 Å². The van der Waals surface area contributed by atoms with E-state index in [2.05, 4.69) is 24.5 Å². The normalized spacial score (nSPS) is 25.6. The summed E-state index contributed by atoms with van der Waals surface area (Å²) in [7, 11) is 0. The number of benzene rings is 1. The molecule has 0 spiro atoms. The quantitative estimate of drug-likeness (QED) is 0.819. The van der Waals surface area contributed by atoms with E-state index in [-0.39, 0.29) is 11.7 Å². The average Bonchev–Trinajstić information content (AvgIpc) is 2.43. The van der Waals surface area contributed by atoms with E-state index in [0.717, 1.165) is 31.4 Å². The lowest BCUT2D eigenvalue weighted by Gasteiger charge is -2.34. The van der Waals surface area contributed by atoms with Gasteiger partial charge in [-0.3, -0.25) is 0 Å². The zero-order valence-electron chi connectivity index (χ0n) is 12.7. The van der Waals surface area contributed by atoms with Gasteiger partial charge in [-0.2, -0.15) is 13.2 Å². The van der Waals surface area contributed by atoms with Gasteiger partial charge in [0, 0.05) is 11.7 Å². The fourth-order valence-corrected chi connectivity index (χ4v) is 2.89. The Kier molecular flexibility index (Phi) is 4.98. The number of nitrogens with one attached hydrogen (secondary N) is 2. The van der Waals surface area contributed by atoms with Crippen LogP contribution in [-0.4, -0.2) is 12.1 Å². The summed E-state index contributed by atoms with van der Waals surface area (Å²) in [6.45, 7) is 4.25. The SMILES string of the molecule is C[C@@H]1[C@H](C)CCC[C@H]1NC(=O)Nc1cccc(C(F)(F)F)c1. The molecule has 2 rings (SSSR count). The zero-order valence-corrected chi connectivity index (χ0v) is 12.7. The van der Waals surface area contributed by atoms with Crippen LogP contribution >= 0.6 is 0 Å². The minimum absolute atomic E-state index is 0.0644. The molecule has 0 heterocycles. The third-order valence-electron chi connectivity index (χ3n) is 4.47. The summed E-state index contributed by atoms with van der Waals surface area (Å²) < 4.78 is 37.9. The maximum atomic E-state index is 12.6. The van der Waals surface area contributed by atoms with Crippen LogP contribution in [0.1, 0.15) is 38.7 Å². The number of hydrogen-bond acceptors (Lipinski definition) is 1. The number of alkyl halides is 3. The molecule has 0 radical (unpaired) electrons. The first-order valence-corrected chi connectivity index (χ1v) is 7.52. The molecule has 3 atom stereocenters. The van der Waals surface area contributed by atoms with Crippen LogP contribution in [0, 0.1) is 11.8 Å². The number of rotatable bonds is 2. The Morgan fingerprint density at radius 3 is 2.64 bits per heavy atom. The Bertz CT molecular complexity index is 530. The first-order chi connectivity index (χ1) is 10.3. The van der Waals surface area contributed by atoms with Crippen molar-refractivity contribution < 1.29 is 18.0 Å². The number of halogens is 3. The molecule has 122 valence electrons. The number of carbonyl (C=O) groups excluding carboxylic acids is 1. The van der Waals surface area contributed by atoms with E-state index >= 15 is 0 Å². The van der Waals surface area contributed by atoms with E-state index in [4.69, 9.17) is 0 Å². The number of hydrogen-bond donors (Lipinski definition) is 2. The second-order valence-corrected chi connectivity index (χ2v) is 6.05. The molecule has 0 saturated heterocycles. The topological polar surface area (TPSA) is 41.1 Å². The molecular weight excluding hydrogens is 293 g/mol. The van der Waals surface area contributed by atoms with Crippen LogP contribution in [0.15, 0.2) is 24.3 Å². The monoisotopic (exact) mass is 314 g/mol. The highest BCUT2D eigenvalue weighted by atomic mass is 19.4. The van der Waals surface area contributed by atoms with Crippen molar-refractivity contribution >= 4 is 11.7 Å². The van der Waals surface area contributed by atoms with Gasteiger partial charge in [0.15, 0.2) is 0 Å². The maximum Gasteiger partial charge on any atom is 0.416 e. The van der Waals surface area contributed by atoms with Crippen LogP contribution in [0.4, 0.5) is 23.7 Å². The van der Waals surface area contributed by atoms with Crippen LogP contribution in [0.2, 0.25) is 0 Å². The summed E-state index contributed by atoms with van der Waals surface area (Å²) in [5, 5.41) is 5.36. The van der Waals surface area contributed by atoms with Crippen LogP contribution in [0.25, 0.3) is 0 Å². The lowest BCUT2D eigenvalue weighted by atomic mass is 9.78. The molecule has 0 aromatic heterocycles. The molecule has 1 fully saturated rings. The third kappa shape index (κ3) is 4.15. The summed E-state index contributed by atoms with van der Waals surface area (Å²) in [5.41, 5.74) is -0.631. The van der Waals surface area contributed by atoms with E-state index in [1.54, 1.807) is 0 Å². The van der Waals surface area contributed by atoms with Gasteiger partial charge in [0.2, 0.25) is 0 Å². The Hall–Kier alpha value is -1.72. The van der Waals surface area contributed by atoms with Gasteiger partial charge < -0.3 is 10.6 Å². The van der Waals surface area contributed by atoms with Gasteiger partial charge in [-0.25, -0.2) is 4.79 Å². The molecule has 6 heteroatoms. The van der Waals surface area contributed by atoms with Crippen LogP contribution in [0.3, 0.4) is 0 Å². The van der Waals surface area contributed by atoms with Crippen molar-refractivity contribution in [2.24, 2.45) is 11.8 Å². The second-order valence-electron chi connectivity index (χ2n) is 6.05. The summed E-state index contributed by atoms with van der Waals surface area (Å²) in [6, 6.07) is 4.26. The molecule has 1 saturated carbocycles. The van der Waals surface area contributed by atoms with E-state index in [1.807, 2.05) is 0 Å². The summed E-state index contributed by atoms with van der Waals surface area (Å²) in [6.07, 6.45) is -1.31. The van der Waals surface area contributed by atoms with Crippen molar-refractivity contribution in [2.75, 3.05) is 5.32 Å². The predicted molar refractivity (Wildman–Crippen MR) is 79.6 cm³/mol. The highest BCUT2D eigenvalue weighted by Crippen LogP contribution is 2.31. The highest BCUT2D eigenvalue weighted by molar-refractivity contribution is 5.89. The van der Waals surface area contributed by atoms with Crippen LogP contribution in [-0.2, 0) is 6.18 Å². The number of carbonyl (C=O) groups is 1. The molecule has 22 heavy (non-hydrogen) atoms. The first-order valence-electron chi connectivity index (χ1n) is 7.52. The summed E-state index contributed by atoms with van der Waals surface area (Å²) >= 11 is 0. The third-order valence-corrected chi connectivity index (χ3v) is 4.47. The Morgan fingerprint density at radius 2 is 1.95 bits per heavy atom. The zero-order chi connectivity index (χ0) is 16.3. The van der Waals surface area contributed by atoms with Crippen molar-refractivity contribution in [3.05, 3.63) is 29.8 Å². The van der Waals surface area contributed by atoms with Gasteiger partial charge >= 0.3 is 12.2 Å². The van der Waals surface area contributed by atoms with E-state index in [1.165, 1.54) is 12.1 Å². The number of urea groups is 1. The van der Waals surface area contributed by atoms with Crippen LogP contribution < -0.4 is 10.6 Å². The van der Waals surface area contributed by atoms with Crippen molar-refractivity contribution in [1.29, 1.82) is 0 Å². The van der Waals surface area contributed by atoms with Crippen molar-refractivity contribution in [1.82, 2.24) is 5.32 Å². The molecule has 1 aromatic carbocycles. The molecule has 1 aliphatic carbocycles. The largest absolute Gasteiger partial charge is 0.416 e. The molecule has 2 N–H and O–H groups in total. The minimum atomic E-state index is -4.42. The minimum Gasteiger partial charge on any atom is -0.335 e. The molecule has 3 nitrogen and oxygen atoms in total. The van der Waals surface area contributed by atoms with Crippen molar-refractivity contribution in [3.8, 4) is 0 Å². The van der Waals surface area contributed by atoms with Gasteiger partial charge in [-0.05, 0) is 36.5 Å². The lowest BCUT2D eigenvalue weighted by molar-refractivity contribution is -0.137. The van der Waals surface area contributed by atoms with E-state index in [9.17, 15) is 18.0 Å². The Balaban J connectivity index is 1.97. The van der Waals surface area contributed by atoms with E-state index in [0.29, 0.717) is 11.8 Å². The maximum absolute atomic E-state index is 12.6. The van der Waals surface area contributed by atoms with Crippen molar-refractivity contribution in [3.63, 3.8) is 0 Å². The van der Waals surface area contributed by atoms with Gasteiger partial charge in [0.1, 0.15) is 0 Å². The summed E-state index contributed by atoms with van der Waals surface area (Å²) in [5.74, 6) is 0.897. The summed E-state index contributed by atoms with van der Waals surface area (Å²) in [4.78, 5) is 12.0. The molecule has 1 aromatic rings. The molecular formula is C16H21F3N2O. The van der Waals surface area contributed by atoms with E-state index < -0.39 is 17.8 Å². The van der Waals surface area contributed by atoms with Crippen molar-refractivity contribution in [2.45, 2.75) is 45.3 Å². The van der Waals surface area contributed by atoms with Gasteiger partial charge in [0.25, 0.3) is 0 Å². The second kappa shape index (κ2) is 6.58. The smallest absolute Gasteiger partial charge is 0.335 e. The van der Waals surface area contributed by atoms with Crippen LogP contribution in [0.5, 0.6) is 0 Å². The molecule has 2 amide bonds.